The molecular formula is C18H26N2O3. The zero-order valence-electron chi connectivity index (χ0n) is 14.1. The third-order valence-electron chi connectivity index (χ3n) is 4.22. The van der Waals surface area contributed by atoms with Crippen LogP contribution >= 0.6 is 0 Å². The zero-order valence-corrected chi connectivity index (χ0v) is 14.1. The molecule has 1 N–H and O–H groups in total. The number of nitrogens with zero attached hydrogens (tertiary/aromatic N) is 1. The van der Waals surface area contributed by atoms with Crippen LogP contribution in [0.15, 0.2) is 30.3 Å². The van der Waals surface area contributed by atoms with Gasteiger partial charge in [0.05, 0.1) is 7.11 Å². The lowest BCUT2D eigenvalue weighted by atomic mass is 9.92. The number of esters is 1. The van der Waals surface area contributed by atoms with Crippen molar-refractivity contribution >= 4 is 12.0 Å². The van der Waals surface area contributed by atoms with Crippen LogP contribution in [-0.4, -0.2) is 43.1 Å². The van der Waals surface area contributed by atoms with E-state index in [-0.39, 0.29) is 6.03 Å². The molecule has 5 nitrogen and oxygen atoms in total. The molecule has 1 saturated heterocycles. The minimum atomic E-state index is -0.664. The largest absolute Gasteiger partial charge is 0.467 e. The Kier molecular flexibility index (Phi) is 6.02. The first-order valence-corrected chi connectivity index (χ1v) is 8.16. The van der Waals surface area contributed by atoms with E-state index in [1.165, 1.54) is 7.11 Å². The molecular weight excluding hydrogens is 292 g/mol. The molecule has 5 heteroatoms. The van der Waals surface area contributed by atoms with Crippen LogP contribution in [0.4, 0.5) is 4.79 Å². The lowest BCUT2D eigenvalue weighted by Crippen LogP contribution is -2.52. The monoisotopic (exact) mass is 318 g/mol. The molecule has 0 radical (unpaired) electrons. The molecule has 0 spiro atoms. The van der Waals surface area contributed by atoms with Crippen LogP contribution < -0.4 is 5.32 Å². The number of amides is 2. The van der Waals surface area contributed by atoms with Crippen LogP contribution in [-0.2, 0) is 16.0 Å². The number of hydrogen-bond acceptors (Lipinski definition) is 3. The van der Waals surface area contributed by atoms with E-state index in [9.17, 15) is 9.59 Å². The highest BCUT2D eigenvalue weighted by molar-refractivity contribution is 5.83. The summed E-state index contributed by atoms with van der Waals surface area (Å²) in [5.41, 5.74) is 0.989. The van der Waals surface area contributed by atoms with Gasteiger partial charge in [-0.3, -0.25) is 0 Å². The average Bonchev–Trinajstić information content (AvgIpc) is 2.53. The van der Waals surface area contributed by atoms with Gasteiger partial charge in [0.15, 0.2) is 0 Å². The van der Waals surface area contributed by atoms with Gasteiger partial charge >= 0.3 is 12.0 Å². The molecule has 2 amide bonds. The van der Waals surface area contributed by atoms with Crippen molar-refractivity contribution in [1.82, 2.24) is 10.2 Å². The second kappa shape index (κ2) is 7.99. The Morgan fingerprint density at radius 1 is 1.22 bits per heavy atom. The van der Waals surface area contributed by atoms with Crippen molar-refractivity contribution in [2.75, 3.05) is 20.2 Å². The smallest absolute Gasteiger partial charge is 0.328 e. The van der Waals surface area contributed by atoms with Crippen molar-refractivity contribution in [3.63, 3.8) is 0 Å². The zero-order chi connectivity index (χ0) is 16.8. The van der Waals surface area contributed by atoms with E-state index in [2.05, 4.69) is 19.2 Å². The molecule has 23 heavy (non-hydrogen) atoms. The lowest BCUT2D eigenvalue weighted by Gasteiger charge is -2.35. The molecule has 0 aliphatic carbocycles. The summed E-state index contributed by atoms with van der Waals surface area (Å²) < 4.78 is 4.84. The van der Waals surface area contributed by atoms with Gasteiger partial charge in [-0.15, -0.1) is 0 Å². The van der Waals surface area contributed by atoms with E-state index in [1.807, 2.05) is 30.3 Å². The maximum absolute atomic E-state index is 12.5. The maximum atomic E-state index is 12.5. The molecule has 2 unspecified atom stereocenters. The molecule has 1 aromatic carbocycles. The molecule has 1 fully saturated rings. The van der Waals surface area contributed by atoms with Gasteiger partial charge < -0.3 is 15.0 Å². The van der Waals surface area contributed by atoms with Gasteiger partial charge in [-0.05, 0) is 23.8 Å². The van der Waals surface area contributed by atoms with Gasteiger partial charge in [-0.1, -0.05) is 44.2 Å². The highest BCUT2D eigenvalue weighted by atomic mass is 16.5. The first-order chi connectivity index (χ1) is 11.0. The quantitative estimate of drug-likeness (QED) is 0.868. The number of piperidine rings is 1. The predicted octanol–water partition coefficient (Wildman–Crippen LogP) is 2.46. The molecule has 1 aromatic rings. The summed E-state index contributed by atoms with van der Waals surface area (Å²) in [4.78, 5) is 26.3. The number of nitrogens with one attached hydrogen (secondary N) is 1. The Morgan fingerprint density at radius 3 is 2.39 bits per heavy atom. The Balaban J connectivity index is 2.02. The highest BCUT2D eigenvalue weighted by Gasteiger charge is 2.29. The minimum absolute atomic E-state index is 0.185. The van der Waals surface area contributed by atoms with Crippen LogP contribution in [0.2, 0.25) is 0 Å². The van der Waals surface area contributed by atoms with Crippen molar-refractivity contribution in [3.05, 3.63) is 35.9 Å². The molecule has 3 atom stereocenters. The topological polar surface area (TPSA) is 58.6 Å². The van der Waals surface area contributed by atoms with Crippen LogP contribution in [0.5, 0.6) is 0 Å². The first-order valence-electron chi connectivity index (χ1n) is 8.16. The number of benzene rings is 1. The molecule has 1 heterocycles. The van der Waals surface area contributed by atoms with Gasteiger partial charge in [-0.2, -0.15) is 0 Å². The van der Waals surface area contributed by atoms with Crippen LogP contribution in [0.3, 0.4) is 0 Å². The van der Waals surface area contributed by atoms with E-state index < -0.39 is 12.0 Å². The normalized spacial score (nSPS) is 22.3. The van der Waals surface area contributed by atoms with Crippen molar-refractivity contribution in [2.45, 2.75) is 32.7 Å². The lowest BCUT2D eigenvalue weighted by molar-refractivity contribution is -0.142. The number of hydrogen-bond donors (Lipinski definition) is 1. The van der Waals surface area contributed by atoms with Gasteiger partial charge in [0.1, 0.15) is 6.04 Å². The number of ether oxygens (including phenoxy) is 1. The van der Waals surface area contributed by atoms with Crippen molar-refractivity contribution in [2.24, 2.45) is 11.8 Å². The van der Waals surface area contributed by atoms with Crippen LogP contribution in [0.1, 0.15) is 25.8 Å². The number of rotatable bonds is 4. The number of carbonyl (C=O) groups is 2. The summed E-state index contributed by atoms with van der Waals surface area (Å²) in [6.07, 6.45) is 1.56. The van der Waals surface area contributed by atoms with Crippen LogP contribution in [0, 0.1) is 11.8 Å². The standard InChI is InChI=1S/C18H26N2O3/c1-13-9-14(2)12-20(11-13)18(22)19-16(17(21)23-3)10-15-7-5-4-6-8-15/h4-8,13-14,16H,9-12H2,1-3H3,(H,19,22)/t13?,14?,16-/m1/s1. The molecule has 1 aliphatic heterocycles. The SMILES string of the molecule is COC(=O)[C@@H](Cc1ccccc1)NC(=O)N1CC(C)CC(C)C1. The fraction of sp³-hybridized carbons (Fsp3) is 0.556. The molecule has 0 bridgehead atoms. The Hall–Kier alpha value is -2.04. The highest BCUT2D eigenvalue weighted by Crippen LogP contribution is 2.21. The maximum Gasteiger partial charge on any atom is 0.328 e. The molecule has 0 saturated carbocycles. The number of methoxy groups -OCH3 is 1. The Labute approximate surface area is 138 Å². The second-order valence-electron chi connectivity index (χ2n) is 6.57. The second-order valence-corrected chi connectivity index (χ2v) is 6.57. The third kappa shape index (κ3) is 4.98. The summed E-state index contributed by atoms with van der Waals surface area (Å²) in [5, 5.41) is 2.84. The van der Waals surface area contributed by atoms with Gasteiger partial charge in [-0.25, -0.2) is 9.59 Å². The first kappa shape index (κ1) is 17.3. The Bertz CT molecular complexity index is 522. The predicted molar refractivity (Wildman–Crippen MR) is 89.0 cm³/mol. The third-order valence-corrected chi connectivity index (χ3v) is 4.22. The molecule has 0 aromatic heterocycles. The van der Waals surface area contributed by atoms with Gasteiger partial charge in [0, 0.05) is 19.5 Å². The average molecular weight is 318 g/mol. The van der Waals surface area contributed by atoms with E-state index in [0.717, 1.165) is 25.1 Å². The van der Waals surface area contributed by atoms with Gasteiger partial charge in [0.2, 0.25) is 0 Å². The summed E-state index contributed by atoms with van der Waals surface area (Å²) in [6.45, 7) is 5.76. The van der Waals surface area contributed by atoms with E-state index in [4.69, 9.17) is 4.74 Å². The van der Waals surface area contributed by atoms with Crippen molar-refractivity contribution in [3.8, 4) is 0 Å². The van der Waals surface area contributed by atoms with E-state index in [1.54, 1.807) is 4.90 Å². The summed E-state index contributed by atoms with van der Waals surface area (Å²) in [6, 6.07) is 8.78. The summed E-state index contributed by atoms with van der Waals surface area (Å²) >= 11 is 0. The number of urea groups is 1. The molecule has 126 valence electrons. The fourth-order valence-electron chi connectivity index (χ4n) is 3.25. The number of likely N-dealkylation sites (tertiary alicyclic amines) is 1. The Morgan fingerprint density at radius 2 is 1.83 bits per heavy atom. The summed E-state index contributed by atoms with van der Waals surface area (Å²) in [7, 11) is 1.34. The van der Waals surface area contributed by atoms with E-state index >= 15 is 0 Å². The molecule has 2 rings (SSSR count). The van der Waals surface area contributed by atoms with Crippen LogP contribution in [0.25, 0.3) is 0 Å². The van der Waals surface area contributed by atoms with Crippen molar-refractivity contribution in [1.29, 1.82) is 0 Å². The van der Waals surface area contributed by atoms with E-state index in [0.29, 0.717) is 18.3 Å². The fourth-order valence-corrected chi connectivity index (χ4v) is 3.25. The number of carbonyl (C=O) groups excluding carboxylic acids is 2. The summed E-state index contributed by atoms with van der Waals surface area (Å²) in [5.74, 6) is 0.547. The van der Waals surface area contributed by atoms with Gasteiger partial charge in [0.25, 0.3) is 0 Å². The molecule has 1 aliphatic rings. The van der Waals surface area contributed by atoms with Crippen molar-refractivity contribution < 1.29 is 14.3 Å². The minimum Gasteiger partial charge on any atom is -0.467 e.